The van der Waals surface area contributed by atoms with E-state index in [9.17, 15) is 4.79 Å². The number of carbonyl (C=O) groups is 1. The summed E-state index contributed by atoms with van der Waals surface area (Å²) in [5.41, 5.74) is -0.423. The second-order valence-electron chi connectivity index (χ2n) is 6.30. The van der Waals surface area contributed by atoms with E-state index in [2.05, 4.69) is 38.1 Å². The van der Waals surface area contributed by atoms with Crippen molar-refractivity contribution in [3.63, 3.8) is 0 Å². The Balaban J connectivity index is 2.27. The highest BCUT2D eigenvalue weighted by Gasteiger charge is 2.34. The number of halogens is 1. The lowest BCUT2D eigenvalue weighted by Gasteiger charge is -2.43. The topological polar surface area (TPSA) is 53.6 Å². The molecule has 0 radical (unpaired) electrons. The van der Waals surface area contributed by atoms with Gasteiger partial charge in [0.05, 0.1) is 0 Å². The molecule has 1 fully saturated rings. The van der Waals surface area contributed by atoms with Crippen LogP contribution in [0.15, 0.2) is 0 Å². The van der Waals surface area contributed by atoms with Crippen LogP contribution in [0.3, 0.4) is 0 Å². The standard InChI is InChI=1S/C14H28IN3O2/c1-14(2,3)20-13(19)17-11-9-12(10-11)18(7-5-15)8-6-16-4/h11-12,16H,5-10H2,1-4H3,(H,17,19)/t11-,12-. The van der Waals surface area contributed by atoms with Crippen molar-refractivity contribution in [2.24, 2.45) is 0 Å². The molecule has 0 aliphatic heterocycles. The fourth-order valence-electron chi connectivity index (χ4n) is 2.32. The van der Waals surface area contributed by atoms with Gasteiger partial charge in [-0.05, 0) is 40.7 Å². The molecule has 0 spiro atoms. The Bertz CT molecular complexity index is 301. The molecule has 1 saturated carbocycles. The van der Waals surface area contributed by atoms with E-state index in [1.807, 2.05) is 27.8 Å². The lowest BCUT2D eigenvalue weighted by molar-refractivity contribution is 0.0400. The Morgan fingerprint density at radius 2 is 2.00 bits per heavy atom. The van der Waals surface area contributed by atoms with E-state index in [4.69, 9.17) is 4.74 Å². The van der Waals surface area contributed by atoms with Crippen LogP contribution in [0.25, 0.3) is 0 Å². The van der Waals surface area contributed by atoms with Crippen LogP contribution in [0.4, 0.5) is 4.79 Å². The molecule has 6 heteroatoms. The minimum absolute atomic E-state index is 0.265. The van der Waals surface area contributed by atoms with Crippen LogP contribution < -0.4 is 10.6 Å². The van der Waals surface area contributed by atoms with Gasteiger partial charge in [0, 0.05) is 36.1 Å². The number of ether oxygens (including phenoxy) is 1. The zero-order chi connectivity index (χ0) is 15.2. The van der Waals surface area contributed by atoms with Crippen molar-refractivity contribution in [2.75, 3.05) is 31.1 Å². The summed E-state index contributed by atoms with van der Waals surface area (Å²) >= 11 is 2.42. The predicted molar refractivity (Wildman–Crippen MR) is 90.6 cm³/mol. The molecular weight excluding hydrogens is 369 g/mol. The quantitative estimate of drug-likeness (QED) is 0.510. The molecule has 0 heterocycles. The van der Waals surface area contributed by atoms with E-state index in [0.717, 1.165) is 36.9 Å². The fraction of sp³-hybridized carbons (Fsp3) is 0.929. The van der Waals surface area contributed by atoms with E-state index in [1.54, 1.807) is 0 Å². The van der Waals surface area contributed by atoms with Crippen molar-refractivity contribution in [3.8, 4) is 0 Å². The lowest BCUT2D eigenvalue weighted by atomic mass is 9.85. The Hall–Kier alpha value is -0.0800. The summed E-state index contributed by atoms with van der Waals surface area (Å²) in [6.45, 7) is 8.86. The third-order valence-electron chi connectivity index (χ3n) is 3.37. The first-order chi connectivity index (χ1) is 9.35. The highest BCUT2D eigenvalue weighted by atomic mass is 127. The van der Waals surface area contributed by atoms with Gasteiger partial charge in [-0.15, -0.1) is 0 Å². The summed E-state index contributed by atoms with van der Waals surface area (Å²) in [5.74, 6) is 0. The van der Waals surface area contributed by atoms with Gasteiger partial charge in [0.15, 0.2) is 0 Å². The van der Waals surface area contributed by atoms with Crippen LogP contribution in [0, 0.1) is 0 Å². The molecule has 0 saturated heterocycles. The van der Waals surface area contributed by atoms with Crippen LogP contribution in [-0.2, 0) is 4.74 Å². The summed E-state index contributed by atoms with van der Waals surface area (Å²) in [5, 5.41) is 6.15. The van der Waals surface area contributed by atoms with Crippen molar-refractivity contribution in [1.82, 2.24) is 15.5 Å². The van der Waals surface area contributed by atoms with Crippen LogP contribution >= 0.6 is 22.6 Å². The molecule has 1 aliphatic carbocycles. The first-order valence-corrected chi connectivity index (χ1v) is 8.82. The number of carbonyl (C=O) groups excluding carboxylic acids is 1. The average Bonchev–Trinajstić information content (AvgIpc) is 2.27. The van der Waals surface area contributed by atoms with Gasteiger partial charge < -0.3 is 15.4 Å². The van der Waals surface area contributed by atoms with Crippen LogP contribution in [0.1, 0.15) is 33.6 Å². The number of hydrogen-bond donors (Lipinski definition) is 2. The molecule has 0 unspecified atom stereocenters. The third kappa shape index (κ3) is 6.58. The molecule has 0 aromatic carbocycles. The number of hydrogen-bond acceptors (Lipinski definition) is 4. The Labute approximate surface area is 136 Å². The highest BCUT2D eigenvalue weighted by molar-refractivity contribution is 14.1. The zero-order valence-electron chi connectivity index (χ0n) is 13.0. The Kier molecular flexibility index (Phi) is 7.53. The van der Waals surface area contributed by atoms with Crippen molar-refractivity contribution in [1.29, 1.82) is 0 Å². The molecule has 0 aromatic rings. The van der Waals surface area contributed by atoms with E-state index in [-0.39, 0.29) is 12.1 Å². The first-order valence-electron chi connectivity index (χ1n) is 7.30. The predicted octanol–water partition coefficient (Wildman–Crippen LogP) is 2.00. The second kappa shape index (κ2) is 8.38. The third-order valence-corrected chi connectivity index (χ3v) is 3.85. The van der Waals surface area contributed by atoms with E-state index < -0.39 is 5.60 Å². The fourth-order valence-corrected chi connectivity index (χ4v) is 2.94. The van der Waals surface area contributed by atoms with Crippen LogP contribution in [0.2, 0.25) is 0 Å². The average molecular weight is 397 g/mol. The van der Waals surface area contributed by atoms with Gasteiger partial charge in [-0.25, -0.2) is 4.79 Å². The molecular formula is C14H28IN3O2. The zero-order valence-corrected chi connectivity index (χ0v) is 15.2. The monoisotopic (exact) mass is 397 g/mol. The molecule has 2 N–H and O–H groups in total. The molecule has 1 aliphatic rings. The maximum absolute atomic E-state index is 11.7. The number of nitrogens with zero attached hydrogens (tertiary/aromatic N) is 1. The normalized spacial score (nSPS) is 22.5. The molecule has 0 bridgehead atoms. The van der Waals surface area contributed by atoms with Crippen molar-refractivity contribution in [3.05, 3.63) is 0 Å². The molecule has 118 valence electrons. The van der Waals surface area contributed by atoms with Gasteiger partial charge in [-0.1, -0.05) is 22.6 Å². The number of alkyl carbamates (subject to hydrolysis) is 1. The van der Waals surface area contributed by atoms with E-state index >= 15 is 0 Å². The molecule has 0 atom stereocenters. The number of rotatable bonds is 7. The molecule has 20 heavy (non-hydrogen) atoms. The number of nitrogens with one attached hydrogen (secondary N) is 2. The van der Waals surface area contributed by atoms with Crippen LogP contribution in [-0.4, -0.2) is 59.8 Å². The van der Waals surface area contributed by atoms with Gasteiger partial charge in [-0.2, -0.15) is 0 Å². The van der Waals surface area contributed by atoms with Crippen molar-refractivity contribution >= 4 is 28.7 Å². The van der Waals surface area contributed by atoms with E-state index in [1.165, 1.54) is 0 Å². The molecule has 5 nitrogen and oxygen atoms in total. The van der Waals surface area contributed by atoms with Crippen molar-refractivity contribution < 1.29 is 9.53 Å². The number of alkyl halides is 1. The number of likely N-dealkylation sites (N-methyl/N-ethyl adjacent to an activating group) is 1. The van der Waals surface area contributed by atoms with Crippen LogP contribution in [0.5, 0.6) is 0 Å². The first kappa shape index (κ1) is 18.0. The smallest absolute Gasteiger partial charge is 0.407 e. The molecule has 1 rings (SSSR count). The maximum atomic E-state index is 11.7. The number of amides is 1. The summed E-state index contributed by atoms with van der Waals surface area (Å²) in [4.78, 5) is 14.2. The highest BCUT2D eigenvalue weighted by Crippen LogP contribution is 2.26. The van der Waals surface area contributed by atoms with E-state index in [0.29, 0.717) is 6.04 Å². The van der Waals surface area contributed by atoms with Gasteiger partial charge in [-0.3, -0.25) is 4.90 Å². The van der Waals surface area contributed by atoms with Crippen molar-refractivity contribution in [2.45, 2.75) is 51.3 Å². The minimum atomic E-state index is -0.423. The summed E-state index contributed by atoms with van der Waals surface area (Å²) < 4.78 is 6.42. The SMILES string of the molecule is CNCCN(CCI)[C@H]1C[C@H](NC(=O)OC(C)(C)C)C1. The summed E-state index contributed by atoms with van der Waals surface area (Å²) in [7, 11) is 1.98. The lowest BCUT2D eigenvalue weighted by Crippen LogP contribution is -2.55. The summed E-state index contributed by atoms with van der Waals surface area (Å²) in [6.07, 6.45) is 1.76. The molecule has 1 amide bonds. The van der Waals surface area contributed by atoms with Gasteiger partial charge in [0.1, 0.15) is 5.60 Å². The Morgan fingerprint density at radius 3 is 2.50 bits per heavy atom. The van der Waals surface area contributed by atoms with Gasteiger partial charge in [0.2, 0.25) is 0 Å². The largest absolute Gasteiger partial charge is 0.444 e. The van der Waals surface area contributed by atoms with Gasteiger partial charge >= 0.3 is 6.09 Å². The second-order valence-corrected chi connectivity index (χ2v) is 7.38. The minimum Gasteiger partial charge on any atom is -0.444 e. The Morgan fingerprint density at radius 1 is 1.35 bits per heavy atom. The van der Waals surface area contributed by atoms with Gasteiger partial charge in [0.25, 0.3) is 0 Å². The summed E-state index contributed by atoms with van der Waals surface area (Å²) in [6, 6.07) is 0.860. The molecule has 0 aromatic heterocycles. The maximum Gasteiger partial charge on any atom is 0.407 e.